The van der Waals surface area contributed by atoms with Crippen LogP contribution in [0.4, 0.5) is 0 Å². The minimum absolute atomic E-state index is 0.0292. The number of methoxy groups -OCH3 is 2. The van der Waals surface area contributed by atoms with Crippen LogP contribution in [0.15, 0.2) is 133 Å². The smallest absolute Gasteiger partial charge is 0.124 e. The van der Waals surface area contributed by atoms with Crippen LogP contribution in [0.3, 0.4) is 0 Å². The Morgan fingerprint density at radius 3 is 1.20 bits per heavy atom. The topological polar surface area (TPSA) is 18.5 Å². The summed E-state index contributed by atoms with van der Waals surface area (Å²) in [6, 6.07) is 48.7. The molecule has 6 aliphatic carbocycles. The Morgan fingerprint density at radius 1 is 0.413 bits per heavy atom. The van der Waals surface area contributed by atoms with Crippen molar-refractivity contribution in [3.05, 3.63) is 200 Å². The maximum absolute atomic E-state index is 6.22. The van der Waals surface area contributed by atoms with Gasteiger partial charge < -0.3 is 9.47 Å². The van der Waals surface area contributed by atoms with Gasteiger partial charge in [-0.05, 0) is 67.8 Å². The zero-order chi connectivity index (χ0) is 30.6. The van der Waals surface area contributed by atoms with Gasteiger partial charge in [0.05, 0.1) is 14.2 Å². The fourth-order valence-corrected chi connectivity index (χ4v) is 9.47. The highest BCUT2D eigenvalue weighted by molar-refractivity contribution is 5.82. The predicted octanol–water partition coefficient (Wildman–Crippen LogP) is 8.69. The first kappa shape index (κ1) is 25.8. The summed E-state index contributed by atoms with van der Waals surface area (Å²) in [4.78, 5) is 0. The van der Waals surface area contributed by atoms with E-state index in [0.29, 0.717) is 0 Å². The van der Waals surface area contributed by atoms with Crippen LogP contribution in [-0.4, -0.2) is 14.2 Å². The first-order valence-electron chi connectivity index (χ1n) is 16.0. The average Bonchev–Trinajstić information content (AvgIpc) is 3.13. The van der Waals surface area contributed by atoms with Crippen LogP contribution in [0, 0.1) is 11.8 Å². The Bertz CT molecular complexity index is 2170. The molecule has 6 aliphatic rings. The quantitative estimate of drug-likeness (QED) is 0.188. The second kappa shape index (κ2) is 9.03. The third-order valence-electron chi connectivity index (χ3n) is 11.1. The fraction of sp³-hybridized carbons (Fsp3) is 0.136. The summed E-state index contributed by atoms with van der Waals surface area (Å²) in [5.41, 5.74) is 13.7. The molecule has 0 fully saturated rings. The molecule has 2 nitrogen and oxygen atoms in total. The number of ether oxygens (including phenoxy) is 2. The maximum atomic E-state index is 6.22. The molecule has 12 rings (SSSR count). The highest BCUT2D eigenvalue weighted by Gasteiger charge is 2.55. The van der Waals surface area contributed by atoms with Gasteiger partial charge in [-0.25, -0.2) is 0 Å². The van der Waals surface area contributed by atoms with E-state index in [-0.39, 0.29) is 11.8 Å². The standard InChI is InChI=1S/C44H30O2/c1-45-37-23-24-38(46-2)42-41(37)40-30-16-6-11-21-35(30)44(42,36-22-12-7-17-31(36)40)26-25-43-32-18-8-3-13-27(32)39(28-14-4-9-19-33(28)43)29-15-5-10-20-34(29)43/h3-24,39-40H,1-2H3. The maximum Gasteiger partial charge on any atom is 0.124 e. The lowest BCUT2D eigenvalue weighted by atomic mass is 9.51. The van der Waals surface area contributed by atoms with E-state index in [0.717, 1.165) is 22.6 Å². The average molecular weight is 591 g/mol. The van der Waals surface area contributed by atoms with Gasteiger partial charge in [-0.1, -0.05) is 133 Å². The molecule has 0 heterocycles. The summed E-state index contributed by atoms with van der Waals surface area (Å²) in [6.45, 7) is 0. The Kier molecular flexibility index (Phi) is 5.06. The van der Waals surface area contributed by atoms with Crippen LogP contribution in [0.25, 0.3) is 0 Å². The molecule has 0 N–H and O–H groups in total. The molecule has 218 valence electrons. The van der Waals surface area contributed by atoms with Crippen molar-refractivity contribution in [2.45, 2.75) is 22.7 Å². The zero-order valence-corrected chi connectivity index (χ0v) is 25.7. The van der Waals surface area contributed by atoms with Crippen molar-refractivity contribution in [3.63, 3.8) is 0 Å². The van der Waals surface area contributed by atoms with Crippen molar-refractivity contribution in [1.29, 1.82) is 0 Å². The number of rotatable bonds is 2. The monoisotopic (exact) mass is 590 g/mol. The third kappa shape index (κ3) is 2.86. The molecule has 46 heavy (non-hydrogen) atoms. The number of hydrogen-bond donors (Lipinski definition) is 0. The van der Waals surface area contributed by atoms with Crippen LogP contribution < -0.4 is 9.47 Å². The van der Waals surface area contributed by atoms with E-state index in [9.17, 15) is 0 Å². The molecule has 4 bridgehead atoms. The number of hydrogen-bond acceptors (Lipinski definition) is 2. The number of benzene rings is 6. The first-order valence-corrected chi connectivity index (χ1v) is 16.0. The molecule has 0 atom stereocenters. The minimum Gasteiger partial charge on any atom is -0.496 e. The molecule has 0 saturated carbocycles. The minimum atomic E-state index is -0.779. The molecule has 6 aromatic carbocycles. The summed E-state index contributed by atoms with van der Waals surface area (Å²) in [5, 5.41) is 0. The van der Waals surface area contributed by atoms with Crippen LogP contribution in [0.1, 0.15) is 78.6 Å². The van der Waals surface area contributed by atoms with Gasteiger partial charge in [0.25, 0.3) is 0 Å². The van der Waals surface area contributed by atoms with Crippen molar-refractivity contribution in [2.24, 2.45) is 0 Å². The van der Waals surface area contributed by atoms with Crippen LogP contribution >= 0.6 is 0 Å². The van der Waals surface area contributed by atoms with E-state index in [4.69, 9.17) is 9.47 Å². The van der Waals surface area contributed by atoms with Gasteiger partial charge in [-0.15, -0.1) is 0 Å². The Labute approximate surface area is 269 Å². The molecule has 2 heteroatoms. The van der Waals surface area contributed by atoms with E-state index in [1.165, 1.54) is 55.6 Å². The highest BCUT2D eigenvalue weighted by Crippen LogP contribution is 2.64. The van der Waals surface area contributed by atoms with Gasteiger partial charge in [0.15, 0.2) is 0 Å². The van der Waals surface area contributed by atoms with Gasteiger partial charge in [-0.2, -0.15) is 0 Å². The van der Waals surface area contributed by atoms with Gasteiger partial charge in [0.1, 0.15) is 22.3 Å². The van der Waals surface area contributed by atoms with E-state index < -0.39 is 10.8 Å². The molecule has 0 radical (unpaired) electrons. The summed E-state index contributed by atoms with van der Waals surface area (Å²) in [7, 11) is 3.54. The lowest BCUT2D eigenvalue weighted by Crippen LogP contribution is -2.44. The Hall–Kier alpha value is -5.52. The Balaban J connectivity index is 1.40. The van der Waals surface area contributed by atoms with Gasteiger partial charge >= 0.3 is 0 Å². The van der Waals surface area contributed by atoms with Crippen molar-refractivity contribution in [2.75, 3.05) is 14.2 Å². The van der Waals surface area contributed by atoms with E-state index in [1.54, 1.807) is 14.2 Å². The molecular formula is C44H30O2. The molecule has 0 aliphatic heterocycles. The van der Waals surface area contributed by atoms with Gasteiger partial charge in [0.2, 0.25) is 0 Å². The van der Waals surface area contributed by atoms with Gasteiger partial charge in [0, 0.05) is 23.0 Å². The lowest BCUT2D eigenvalue weighted by molar-refractivity contribution is 0.385. The highest BCUT2D eigenvalue weighted by atomic mass is 16.5. The zero-order valence-electron chi connectivity index (χ0n) is 25.7. The second-order valence-electron chi connectivity index (χ2n) is 12.8. The van der Waals surface area contributed by atoms with Crippen LogP contribution in [-0.2, 0) is 10.8 Å². The molecule has 6 aromatic rings. The molecule has 0 spiro atoms. The van der Waals surface area contributed by atoms with E-state index in [1.807, 2.05) is 0 Å². The predicted molar refractivity (Wildman–Crippen MR) is 181 cm³/mol. The van der Waals surface area contributed by atoms with Crippen LogP contribution in [0.2, 0.25) is 0 Å². The molecule has 0 aromatic heterocycles. The summed E-state index contributed by atoms with van der Waals surface area (Å²) in [5.74, 6) is 10.2. The van der Waals surface area contributed by atoms with Crippen molar-refractivity contribution >= 4 is 0 Å². The summed E-state index contributed by atoms with van der Waals surface area (Å²) in [6.07, 6.45) is 0. The van der Waals surface area contributed by atoms with Crippen molar-refractivity contribution < 1.29 is 9.47 Å². The molecule has 0 saturated heterocycles. The normalized spacial score (nSPS) is 23.0. The lowest BCUT2D eigenvalue weighted by Gasteiger charge is -2.50. The molecular weight excluding hydrogens is 560 g/mol. The van der Waals surface area contributed by atoms with Crippen molar-refractivity contribution in [3.8, 4) is 23.3 Å². The van der Waals surface area contributed by atoms with E-state index >= 15 is 0 Å². The second-order valence-corrected chi connectivity index (χ2v) is 12.8. The fourth-order valence-electron chi connectivity index (χ4n) is 9.47. The largest absolute Gasteiger partial charge is 0.496 e. The third-order valence-corrected chi connectivity index (χ3v) is 11.1. The summed E-state index contributed by atoms with van der Waals surface area (Å²) >= 11 is 0. The van der Waals surface area contributed by atoms with Crippen molar-refractivity contribution in [1.82, 2.24) is 0 Å². The van der Waals surface area contributed by atoms with Crippen LogP contribution in [0.5, 0.6) is 11.5 Å². The summed E-state index contributed by atoms with van der Waals surface area (Å²) < 4.78 is 12.3. The SMILES string of the molecule is COc1ccc(OC)c2c1C1c3ccccc3C2(C#CC23c4ccccc4C(c4ccccc42)c2ccccc23)c2ccccc21. The molecule has 0 unspecified atom stereocenters. The Morgan fingerprint density at radius 2 is 0.761 bits per heavy atom. The molecule has 0 amide bonds. The van der Waals surface area contributed by atoms with E-state index in [2.05, 4.69) is 145 Å². The first-order chi connectivity index (χ1) is 22.7. The van der Waals surface area contributed by atoms with Gasteiger partial charge in [-0.3, -0.25) is 0 Å².